The first-order chi connectivity index (χ1) is 15.6. The van der Waals surface area contributed by atoms with Gasteiger partial charge in [0.1, 0.15) is 11.9 Å². The van der Waals surface area contributed by atoms with Crippen molar-refractivity contribution in [3.05, 3.63) is 71.0 Å². The predicted octanol–water partition coefficient (Wildman–Crippen LogP) is 2.18. The number of anilines is 1. The molecule has 8 heteroatoms. The average Bonchev–Trinajstić information content (AvgIpc) is 3.23. The molecule has 1 N–H and O–H groups in total. The van der Waals surface area contributed by atoms with E-state index in [4.69, 9.17) is 4.98 Å². The Hall–Kier alpha value is -3.96. The lowest BCUT2D eigenvalue weighted by Crippen LogP contribution is -2.67. The molecular weight excluding hydrogens is 402 g/mol. The van der Waals surface area contributed by atoms with Crippen LogP contribution in [0.2, 0.25) is 0 Å². The number of fused-ring (bicyclic) bond motifs is 3. The zero-order chi connectivity index (χ0) is 21.8. The molecule has 3 fully saturated rings. The van der Waals surface area contributed by atoms with E-state index in [9.17, 15) is 10.1 Å². The standard InChI is InChI=1S/C24H21N7O/c1-29-5-4-15(7-23(29)32)17-6-21(24-18(9-25)11-27-31(24)12-17)16-2-3-22(26-10-16)30-13-19-8-20(14-30)28-19/h2-7,10-12,19-20,28H,8,13-14H2,1H3. The summed E-state index contributed by atoms with van der Waals surface area (Å²) in [6.07, 6.45) is 8.28. The molecule has 0 radical (unpaired) electrons. The molecule has 0 saturated carbocycles. The molecule has 4 aromatic heterocycles. The van der Waals surface area contributed by atoms with Crippen LogP contribution in [0.25, 0.3) is 27.8 Å². The van der Waals surface area contributed by atoms with Gasteiger partial charge in [-0.3, -0.25) is 4.79 Å². The minimum absolute atomic E-state index is 0.0811. The quantitative estimate of drug-likeness (QED) is 0.543. The van der Waals surface area contributed by atoms with Crippen LogP contribution in [0.3, 0.4) is 0 Å². The number of piperidine rings is 1. The second kappa shape index (κ2) is 7.04. The number of aryl methyl sites for hydroxylation is 1. The Kier molecular flexibility index (Phi) is 4.13. The smallest absolute Gasteiger partial charge is 0.250 e. The van der Waals surface area contributed by atoms with Crippen LogP contribution in [0.1, 0.15) is 12.0 Å². The Morgan fingerprint density at radius 3 is 2.59 bits per heavy atom. The normalized spacial score (nSPS) is 19.6. The van der Waals surface area contributed by atoms with Gasteiger partial charge >= 0.3 is 0 Å². The van der Waals surface area contributed by atoms with Crippen molar-refractivity contribution in [2.45, 2.75) is 18.5 Å². The maximum Gasteiger partial charge on any atom is 0.250 e. The van der Waals surface area contributed by atoms with Crippen LogP contribution in [-0.2, 0) is 7.05 Å². The van der Waals surface area contributed by atoms with Gasteiger partial charge in [0.05, 0.1) is 17.3 Å². The summed E-state index contributed by atoms with van der Waals surface area (Å²) in [5.74, 6) is 0.970. The maximum atomic E-state index is 12.2. The van der Waals surface area contributed by atoms with Gasteiger partial charge in [0, 0.05) is 73.6 Å². The minimum atomic E-state index is -0.0811. The highest BCUT2D eigenvalue weighted by molar-refractivity contribution is 5.87. The second-order valence-corrected chi connectivity index (χ2v) is 8.58. The molecule has 3 saturated heterocycles. The fourth-order valence-corrected chi connectivity index (χ4v) is 4.74. The molecule has 3 aliphatic rings. The van der Waals surface area contributed by atoms with E-state index in [0.717, 1.165) is 46.7 Å². The van der Waals surface area contributed by atoms with E-state index >= 15 is 0 Å². The van der Waals surface area contributed by atoms with E-state index in [-0.39, 0.29) is 5.56 Å². The Balaban J connectivity index is 1.45. The van der Waals surface area contributed by atoms with E-state index in [0.29, 0.717) is 17.6 Å². The Morgan fingerprint density at radius 2 is 1.91 bits per heavy atom. The molecule has 0 aromatic carbocycles. The summed E-state index contributed by atoms with van der Waals surface area (Å²) in [6.45, 7) is 1.96. The lowest BCUT2D eigenvalue weighted by molar-refractivity contribution is 0.225. The zero-order valence-corrected chi connectivity index (χ0v) is 17.6. The van der Waals surface area contributed by atoms with Crippen molar-refractivity contribution in [3.63, 3.8) is 0 Å². The van der Waals surface area contributed by atoms with Crippen molar-refractivity contribution >= 4 is 11.3 Å². The molecule has 3 aliphatic heterocycles. The van der Waals surface area contributed by atoms with Gasteiger partial charge < -0.3 is 14.8 Å². The van der Waals surface area contributed by atoms with Crippen LogP contribution in [0.5, 0.6) is 0 Å². The third kappa shape index (κ3) is 2.98. The van der Waals surface area contributed by atoms with Crippen LogP contribution in [0.15, 0.2) is 59.9 Å². The van der Waals surface area contributed by atoms with Crippen LogP contribution >= 0.6 is 0 Å². The van der Waals surface area contributed by atoms with Gasteiger partial charge in [0.25, 0.3) is 5.56 Å². The summed E-state index contributed by atoms with van der Waals surface area (Å²) < 4.78 is 3.24. The number of nitriles is 1. The summed E-state index contributed by atoms with van der Waals surface area (Å²) in [5, 5.41) is 17.5. The molecular formula is C24H21N7O. The number of pyridine rings is 3. The van der Waals surface area contributed by atoms with Crippen LogP contribution in [0, 0.1) is 11.3 Å². The molecule has 7 heterocycles. The number of hydrogen-bond acceptors (Lipinski definition) is 6. The molecule has 4 aromatic rings. The third-order valence-corrected chi connectivity index (χ3v) is 6.47. The van der Waals surface area contributed by atoms with Crippen molar-refractivity contribution in [3.8, 4) is 28.3 Å². The summed E-state index contributed by atoms with van der Waals surface area (Å²) in [6, 6.07) is 13.0. The van der Waals surface area contributed by atoms with E-state index in [1.54, 1.807) is 30.0 Å². The van der Waals surface area contributed by atoms with Gasteiger partial charge in [-0.25, -0.2) is 9.50 Å². The molecule has 7 rings (SSSR count). The lowest BCUT2D eigenvalue weighted by atomic mass is 9.91. The van der Waals surface area contributed by atoms with Gasteiger partial charge in [-0.15, -0.1) is 0 Å². The molecule has 2 atom stereocenters. The topological polar surface area (TPSA) is 91.2 Å². The van der Waals surface area contributed by atoms with E-state index < -0.39 is 0 Å². The van der Waals surface area contributed by atoms with E-state index in [2.05, 4.69) is 21.4 Å². The summed E-state index contributed by atoms with van der Waals surface area (Å²) in [7, 11) is 1.72. The number of aromatic nitrogens is 4. The van der Waals surface area contributed by atoms with Crippen molar-refractivity contribution in [2.75, 3.05) is 18.0 Å². The second-order valence-electron chi connectivity index (χ2n) is 8.58. The van der Waals surface area contributed by atoms with Crippen LogP contribution < -0.4 is 15.8 Å². The maximum absolute atomic E-state index is 12.2. The summed E-state index contributed by atoms with van der Waals surface area (Å²) in [5.41, 5.74) is 4.57. The first-order valence-electron chi connectivity index (χ1n) is 10.6. The first-order valence-corrected chi connectivity index (χ1v) is 10.6. The van der Waals surface area contributed by atoms with Crippen molar-refractivity contribution in [2.24, 2.45) is 7.05 Å². The van der Waals surface area contributed by atoms with Gasteiger partial charge in [0.15, 0.2) is 0 Å². The number of nitrogens with zero attached hydrogens (tertiary/aromatic N) is 6. The van der Waals surface area contributed by atoms with Gasteiger partial charge in [-0.2, -0.15) is 10.4 Å². The van der Waals surface area contributed by atoms with E-state index in [1.165, 1.54) is 11.0 Å². The molecule has 0 spiro atoms. The molecule has 0 aliphatic carbocycles. The molecule has 32 heavy (non-hydrogen) atoms. The number of rotatable bonds is 3. The van der Waals surface area contributed by atoms with Crippen molar-refractivity contribution in [1.82, 2.24) is 24.5 Å². The summed E-state index contributed by atoms with van der Waals surface area (Å²) >= 11 is 0. The van der Waals surface area contributed by atoms with Crippen LogP contribution in [0.4, 0.5) is 5.82 Å². The molecule has 0 amide bonds. The van der Waals surface area contributed by atoms with Crippen LogP contribution in [-0.4, -0.2) is 44.3 Å². The monoisotopic (exact) mass is 423 g/mol. The Labute approximate surface area is 184 Å². The van der Waals surface area contributed by atoms with Gasteiger partial charge in [0.2, 0.25) is 0 Å². The molecule has 8 nitrogen and oxygen atoms in total. The number of hydrogen-bond donors (Lipinski definition) is 1. The van der Waals surface area contributed by atoms with Gasteiger partial charge in [-0.1, -0.05) is 0 Å². The number of nitrogens with one attached hydrogen (secondary N) is 1. The highest BCUT2D eigenvalue weighted by Crippen LogP contribution is 2.32. The highest BCUT2D eigenvalue weighted by atomic mass is 16.1. The van der Waals surface area contributed by atoms with Crippen molar-refractivity contribution < 1.29 is 0 Å². The largest absolute Gasteiger partial charge is 0.353 e. The zero-order valence-electron chi connectivity index (χ0n) is 17.6. The Bertz CT molecular complexity index is 1430. The highest BCUT2D eigenvalue weighted by Gasteiger charge is 2.36. The lowest BCUT2D eigenvalue weighted by Gasteiger charge is -2.48. The molecule has 158 valence electrons. The Morgan fingerprint density at radius 1 is 1.09 bits per heavy atom. The molecule has 2 unspecified atom stereocenters. The van der Waals surface area contributed by atoms with Crippen molar-refractivity contribution in [1.29, 1.82) is 5.26 Å². The number of piperazine rings is 1. The van der Waals surface area contributed by atoms with E-state index in [1.807, 2.05) is 36.7 Å². The molecule has 2 bridgehead atoms. The first kappa shape index (κ1) is 18.8. The SMILES string of the molecule is Cn1ccc(-c2cc(-c3ccc(N4CC5CC(C4)N5)nc3)c3c(C#N)cnn3c2)cc1=O. The van der Waals surface area contributed by atoms with Gasteiger partial charge in [-0.05, 0) is 36.2 Å². The third-order valence-electron chi connectivity index (χ3n) is 6.47. The fraction of sp³-hybridized carbons (Fsp3) is 0.250. The minimum Gasteiger partial charge on any atom is -0.353 e. The fourth-order valence-electron chi connectivity index (χ4n) is 4.74. The summed E-state index contributed by atoms with van der Waals surface area (Å²) in [4.78, 5) is 19.2. The predicted molar refractivity (Wildman–Crippen MR) is 121 cm³/mol. The average molecular weight is 423 g/mol.